The highest BCUT2D eigenvalue weighted by Crippen LogP contribution is 2.33. The summed E-state index contributed by atoms with van der Waals surface area (Å²) < 4.78 is 0. The molecular formula is C21H29N3O2. The third-order valence-electron chi connectivity index (χ3n) is 5.06. The fourth-order valence-electron chi connectivity index (χ4n) is 3.55. The molecule has 26 heavy (non-hydrogen) atoms. The SMILES string of the molecule is CNC(=O)c1ccc(CN(C)CC(=O)N(C2=CCCCC2)C2CC2)cc1. The third-order valence-corrected chi connectivity index (χ3v) is 5.06. The Kier molecular flexibility index (Phi) is 6.09. The van der Waals surface area contributed by atoms with E-state index in [1.165, 1.54) is 18.5 Å². The van der Waals surface area contributed by atoms with Crippen molar-refractivity contribution in [2.45, 2.75) is 51.1 Å². The fraction of sp³-hybridized carbons (Fsp3) is 0.524. The Hall–Kier alpha value is -2.14. The van der Waals surface area contributed by atoms with Crippen molar-refractivity contribution in [2.24, 2.45) is 0 Å². The average molecular weight is 355 g/mol. The van der Waals surface area contributed by atoms with Crippen LogP contribution in [-0.2, 0) is 11.3 Å². The minimum Gasteiger partial charge on any atom is -0.355 e. The van der Waals surface area contributed by atoms with Gasteiger partial charge in [0.2, 0.25) is 5.91 Å². The van der Waals surface area contributed by atoms with Crippen LogP contribution >= 0.6 is 0 Å². The van der Waals surface area contributed by atoms with Crippen LogP contribution in [0.5, 0.6) is 0 Å². The Morgan fingerprint density at radius 3 is 2.46 bits per heavy atom. The number of nitrogens with one attached hydrogen (secondary N) is 1. The summed E-state index contributed by atoms with van der Waals surface area (Å²) in [5.74, 6) is 0.131. The Balaban J connectivity index is 1.58. The molecule has 0 aromatic heterocycles. The molecule has 0 heterocycles. The lowest BCUT2D eigenvalue weighted by Crippen LogP contribution is -2.40. The van der Waals surface area contributed by atoms with Crippen LogP contribution in [0.15, 0.2) is 36.0 Å². The molecule has 0 spiro atoms. The molecular weight excluding hydrogens is 326 g/mol. The van der Waals surface area contributed by atoms with Crippen molar-refractivity contribution in [3.63, 3.8) is 0 Å². The minimum absolute atomic E-state index is 0.0825. The number of nitrogens with zero attached hydrogens (tertiary/aromatic N) is 2. The molecule has 2 aliphatic rings. The van der Waals surface area contributed by atoms with Gasteiger partial charge in [0, 0.05) is 30.9 Å². The van der Waals surface area contributed by atoms with E-state index in [0.717, 1.165) is 31.2 Å². The predicted molar refractivity (Wildman–Crippen MR) is 103 cm³/mol. The zero-order chi connectivity index (χ0) is 18.5. The lowest BCUT2D eigenvalue weighted by Gasteiger charge is -2.29. The first-order valence-corrected chi connectivity index (χ1v) is 9.59. The van der Waals surface area contributed by atoms with E-state index < -0.39 is 0 Å². The summed E-state index contributed by atoms with van der Waals surface area (Å²) in [6, 6.07) is 7.98. The molecule has 1 N–H and O–H groups in total. The second kappa shape index (κ2) is 8.49. The van der Waals surface area contributed by atoms with Crippen LogP contribution in [0.25, 0.3) is 0 Å². The first kappa shape index (κ1) is 18.6. The highest BCUT2D eigenvalue weighted by Gasteiger charge is 2.35. The number of allylic oxidation sites excluding steroid dienone is 2. The number of rotatable bonds is 7. The van der Waals surface area contributed by atoms with Gasteiger partial charge in [0.15, 0.2) is 0 Å². The van der Waals surface area contributed by atoms with E-state index in [4.69, 9.17) is 0 Å². The summed E-state index contributed by atoms with van der Waals surface area (Å²) >= 11 is 0. The molecule has 140 valence electrons. The number of hydrogen-bond acceptors (Lipinski definition) is 3. The van der Waals surface area contributed by atoms with E-state index in [2.05, 4.69) is 21.2 Å². The Morgan fingerprint density at radius 2 is 1.88 bits per heavy atom. The van der Waals surface area contributed by atoms with Gasteiger partial charge in [-0.1, -0.05) is 18.2 Å². The molecule has 0 aliphatic heterocycles. The monoisotopic (exact) mass is 355 g/mol. The van der Waals surface area contributed by atoms with Gasteiger partial charge >= 0.3 is 0 Å². The van der Waals surface area contributed by atoms with Crippen molar-refractivity contribution in [1.29, 1.82) is 0 Å². The van der Waals surface area contributed by atoms with Crippen molar-refractivity contribution in [3.8, 4) is 0 Å². The topological polar surface area (TPSA) is 52.7 Å². The molecule has 1 saturated carbocycles. The van der Waals surface area contributed by atoms with Gasteiger partial charge in [-0.25, -0.2) is 0 Å². The van der Waals surface area contributed by atoms with E-state index in [-0.39, 0.29) is 11.8 Å². The minimum atomic E-state index is -0.0825. The number of likely N-dealkylation sites (N-methyl/N-ethyl adjacent to an activating group) is 1. The van der Waals surface area contributed by atoms with Crippen LogP contribution in [0.4, 0.5) is 0 Å². The summed E-state index contributed by atoms with van der Waals surface area (Å²) in [6.45, 7) is 1.11. The summed E-state index contributed by atoms with van der Waals surface area (Å²) in [4.78, 5) is 28.6. The van der Waals surface area contributed by atoms with Crippen molar-refractivity contribution in [1.82, 2.24) is 15.1 Å². The molecule has 0 saturated heterocycles. The fourth-order valence-corrected chi connectivity index (χ4v) is 3.55. The van der Waals surface area contributed by atoms with Gasteiger partial charge in [-0.05, 0) is 63.3 Å². The van der Waals surface area contributed by atoms with Crippen molar-refractivity contribution in [2.75, 3.05) is 20.6 Å². The largest absolute Gasteiger partial charge is 0.355 e. The molecule has 1 fully saturated rings. The van der Waals surface area contributed by atoms with Crippen LogP contribution in [-0.4, -0.2) is 48.3 Å². The van der Waals surface area contributed by atoms with Crippen molar-refractivity contribution >= 4 is 11.8 Å². The number of hydrogen-bond donors (Lipinski definition) is 1. The molecule has 5 nitrogen and oxygen atoms in total. The summed E-state index contributed by atoms with van der Waals surface area (Å²) in [6.07, 6.45) is 9.09. The molecule has 0 atom stereocenters. The second-order valence-corrected chi connectivity index (χ2v) is 7.38. The summed E-state index contributed by atoms with van der Waals surface area (Å²) in [7, 11) is 3.61. The Bertz CT molecular complexity index is 677. The smallest absolute Gasteiger partial charge is 0.251 e. The zero-order valence-electron chi connectivity index (χ0n) is 15.8. The van der Waals surface area contributed by atoms with Crippen LogP contribution in [0.1, 0.15) is 54.4 Å². The second-order valence-electron chi connectivity index (χ2n) is 7.38. The lowest BCUT2D eigenvalue weighted by molar-refractivity contribution is -0.131. The predicted octanol–water partition coefficient (Wildman–Crippen LogP) is 2.93. The van der Waals surface area contributed by atoms with Crippen LogP contribution in [0.3, 0.4) is 0 Å². The maximum absolute atomic E-state index is 12.9. The molecule has 0 unspecified atom stereocenters. The Morgan fingerprint density at radius 1 is 1.15 bits per heavy atom. The van der Waals surface area contributed by atoms with Gasteiger partial charge in [-0.2, -0.15) is 0 Å². The number of carbonyl (C=O) groups excluding carboxylic acids is 2. The molecule has 0 bridgehead atoms. The van der Waals surface area contributed by atoms with Crippen molar-refractivity contribution in [3.05, 3.63) is 47.2 Å². The quantitative estimate of drug-likeness (QED) is 0.818. The molecule has 2 amide bonds. The van der Waals surface area contributed by atoms with Crippen LogP contribution < -0.4 is 5.32 Å². The maximum atomic E-state index is 12.9. The first-order chi connectivity index (χ1) is 12.6. The molecule has 5 heteroatoms. The summed E-state index contributed by atoms with van der Waals surface area (Å²) in [5, 5.41) is 2.62. The zero-order valence-corrected chi connectivity index (χ0v) is 15.8. The van der Waals surface area contributed by atoms with Gasteiger partial charge in [-0.15, -0.1) is 0 Å². The van der Waals surface area contributed by atoms with E-state index in [0.29, 0.717) is 24.7 Å². The number of benzene rings is 1. The van der Waals surface area contributed by atoms with Gasteiger partial charge < -0.3 is 10.2 Å². The molecule has 1 aromatic rings. The lowest BCUT2D eigenvalue weighted by atomic mass is 10.0. The highest BCUT2D eigenvalue weighted by molar-refractivity contribution is 5.93. The molecule has 2 aliphatic carbocycles. The van der Waals surface area contributed by atoms with Crippen molar-refractivity contribution < 1.29 is 9.59 Å². The number of carbonyl (C=O) groups is 2. The molecule has 1 aromatic carbocycles. The van der Waals surface area contributed by atoms with E-state index in [9.17, 15) is 9.59 Å². The van der Waals surface area contributed by atoms with E-state index in [1.807, 2.05) is 31.3 Å². The first-order valence-electron chi connectivity index (χ1n) is 9.59. The van der Waals surface area contributed by atoms with E-state index >= 15 is 0 Å². The third kappa shape index (κ3) is 4.73. The van der Waals surface area contributed by atoms with Gasteiger partial charge in [-0.3, -0.25) is 14.5 Å². The highest BCUT2D eigenvalue weighted by atomic mass is 16.2. The van der Waals surface area contributed by atoms with Gasteiger partial charge in [0.1, 0.15) is 0 Å². The van der Waals surface area contributed by atoms with Gasteiger partial charge in [0.25, 0.3) is 5.91 Å². The normalized spacial score (nSPS) is 17.0. The molecule has 0 radical (unpaired) electrons. The van der Waals surface area contributed by atoms with Crippen LogP contribution in [0, 0.1) is 0 Å². The summed E-state index contributed by atoms with van der Waals surface area (Å²) in [5.41, 5.74) is 2.99. The maximum Gasteiger partial charge on any atom is 0.251 e. The number of amides is 2. The average Bonchev–Trinajstić information content (AvgIpc) is 3.47. The van der Waals surface area contributed by atoms with Gasteiger partial charge in [0.05, 0.1) is 6.54 Å². The Labute approximate surface area is 156 Å². The van der Waals surface area contributed by atoms with Crippen LogP contribution in [0.2, 0.25) is 0 Å². The molecule has 3 rings (SSSR count). The van der Waals surface area contributed by atoms with E-state index in [1.54, 1.807) is 7.05 Å². The standard InChI is InChI=1S/C21H29N3O2/c1-22-21(26)17-10-8-16(9-11-17)14-23(2)15-20(25)24(19-12-13-19)18-6-4-3-5-7-18/h6,8-11,19H,3-5,7,12-15H2,1-2H3,(H,22,26).